The molecule has 14 heteroatoms. The molecule has 0 aliphatic carbocycles. The van der Waals surface area contributed by atoms with E-state index in [1.165, 1.54) is 21.4 Å². The second kappa shape index (κ2) is 10.4. The van der Waals surface area contributed by atoms with Crippen molar-refractivity contribution in [2.45, 2.75) is 31.6 Å². The Hall–Kier alpha value is -3.54. The van der Waals surface area contributed by atoms with Gasteiger partial charge in [0.2, 0.25) is 16.0 Å². The normalized spacial score (nSPS) is 15.5. The maximum absolute atomic E-state index is 13.8. The molecule has 1 aliphatic rings. The summed E-state index contributed by atoms with van der Waals surface area (Å²) in [5, 5.41) is 15.6. The maximum atomic E-state index is 13.8. The first-order valence-electron chi connectivity index (χ1n) is 11.4. The lowest BCUT2D eigenvalue weighted by Crippen LogP contribution is -2.42. The molecule has 0 bridgehead atoms. The molecule has 1 aromatic carbocycles. The van der Waals surface area contributed by atoms with E-state index in [1.54, 1.807) is 19.2 Å². The highest BCUT2D eigenvalue weighted by molar-refractivity contribution is 7.88. The van der Waals surface area contributed by atoms with Gasteiger partial charge in [0, 0.05) is 38.1 Å². The minimum Gasteiger partial charge on any atom is -0.351 e. The Labute approximate surface area is 212 Å². The van der Waals surface area contributed by atoms with E-state index in [0.29, 0.717) is 49.9 Å². The van der Waals surface area contributed by atoms with Gasteiger partial charge in [0.15, 0.2) is 0 Å². The van der Waals surface area contributed by atoms with E-state index in [9.17, 15) is 26.9 Å². The fraction of sp³-hybridized carbons (Fsp3) is 0.391. The highest BCUT2D eigenvalue weighted by Crippen LogP contribution is 2.36. The molecule has 196 valence electrons. The Morgan fingerprint density at radius 3 is 2.57 bits per heavy atom. The molecule has 4 rings (SSSR count). The topological polar surface area (TPSA) is 129 Å². The Morgan fingerprint density at radius 2 is 1.95 bits per heavy atom. The molecular formula is C23H25F3N8O2S. The van der Waals surface area contributed by atoms with Crippen LogP contribution in [0, 0.1) is 11.3 Å². The van der Waals surface area contributed by atoms with Crippen LogP contribution in [-0.4, -0.2) is 64.7 Å². The van der Waals surface area contributed by atoms with Crippen molar-refractivity contribution >= 4 is 16.0 Å². The molecule has 37 heavy (non-hydrogen) atoms. The van der Waals surface area contributed by atoms with Crippen LogP contribution < -0.4 is 10.6 Å². The van der Waals surface area contributed by atoms with Crippen LogP contribution in [-0.2, 0) is 22.7 Å². The minimum atomic E-state index is -4.72. The van der Waals surface area contributed by atoms with Crippen LogP contribution >= 0.6 is 0 Å². The number of aromatic nitrogens is 4. The molecule has 0 amide bonds. The molecule has 3 aromatic rings. The molecule has 0 spiro atoms. The van der Waals surface area contributed by atoms with Gasteiger partial charge in [-0.15, -0.1) is 0 Å². The standard InChI is InChI=1S/C23H25F3N8O2S/c1-28-11-15-3-4-20(16(9-15)10-27)33-13-19(30-14-33)21-18(23(24,25)26)12-29-22(32-21)31-17-5-7-34(8-6-17)37(2,35)36/h3-4,9,12-14,17,28H,5-8,11H2,1-2H3,(H,29,31,32). The van der Waals surface area contributed by atoms with Crippen LogP contribution in [0.1, 0.15) is 29.5 Å². The van der Waals surface area contributed by atoms with E-state index in [4.69, 9.17) is 0 Å². The number of hydrogen-bond acceptors (Lipinski definition) is 8. The zero-order valence-corrected chi connectivity index (χ0v) is 20.9. The van der Waals surface area contributed by atoms with Gasteiger partial charge in [-0.1, -0.05) is 6.07 Å². The minimum absolute atomic E-state index is 0.00973. The van der Waals surface area contributed by atoms with Crippen LogP contribution in [0.15, 0.2) is 36.9 Å². The number of rotatable bonds is 7. The van der Waals surface area contributed by atoms with E-state index >= 15 is 0 Å². The smallest absolute Gasteiger partial charge is 0.351 e. The summed E-state index contributed by atoms with van der Waals surface area (Å²) in [5.74, 6) is -0.00973. The van der Waals surface area contributed by atoms with Crippen LogP contribution in [0.25, 0.3) is 17.1 Å². The number of piperidine rings is 1. The highest BCUT2D eigenvalue weighted by atomic mass is 32.2. The van der Waals surface area contributed by atoms with Crippen molar-refractivity contribution < 1.29 is 21.6 Å². The fourth-order valence-electron chi connectivity index (χ4n) is 4.16. The molecule has 1 aliphatic heterocycles. The Balaban J connectivity index is 1.63. The first-order valence-corrected chi connectivity index (χ1v) is 13.2. The number of anilines is 1. The lowest BCUT2D eigenvalue weighted by molar-refractivity contribution is -0.137. The molecule has 3 heterocycles. The van der Waals surface area contributed by atoms with Gasteiger partial charge in [0.1, 0.15) is 29.3 Å². The molecular weight excluding hydrogens is 509 g/mol. The summed E-state index contributed by atoms with van der Waals surface area (Å²) in [6.45, 7) is 1.15. The fourth-order valence-corrected chi connectivity index (χ4v) is 5.03. The average molecular weight is 535 g/mol. The van der Waals surface area contributed by atoms with E-state index in [2.05, 4.69) is 31.7 Å². The monoisotopic (exact) mass is 534 g/mol. The van der Waals surface area contributed by atoms with E-state index in [-0.39, 0.29) is 17.7 Å². The van der Waals surface area contributed by atoms with Crippen LogP contribution in [0.2, 0.25) is 0 Å². The van der Waals surface area contributed by atoms with Gasteiger partial charge in [-0.3, -0.25) is 0 Å². The van der Waals surface area contributed by atoms with Gasteiger partial charge in [-0.2, -0.15) is 18.4 Å². The van der Waals surface area contributed by atoms with Crippen molar-refractivity contribution in [1.82, 2.24) is 29.1 Å². The zero-order valence-electron chi connectivity index (χ0n) is 20.1. The lowest BCUT2D eigenvalue weighted by atomic mass is 10.1. The van der Waals surface area contributed by atoms with Crippen molar-refractivity contribution in [3.8, 4) is 23.1 Å². The van der Waals surface area contributed by atoms with Gasteiger partial charge in [0.25, 0.3) is 0 Å². The van der Waals surface area contributed by atoms with Gasteiger partial charge < -0.3 is 15.2 Å². The zero-order chi connectivity index (χ0) is 26.8. The van der Waals surface area contributed by atoms with E-state index in [1.807, 2.05) is 6.07 Å². The van der Waals surface area contributed by atoms with Gasteiger partial charge in [-0.25, -0.2) is 27.7 Å². The van der Waals surface area contributed by atoms with Gasteiger partial charge >= 0.3 is 6.18 Å². The highest BCUT2D eigenvalue weighted by Gasteiger charge is 2.36. The van der Waals surface area contributed by atoms with Crippen molar-refractivity contribution in [3.05, 3.63) is 53.6 Å². The lowest BCUT2D eigenvalue weighted by Gasteiger charge is -2.30. The summed E-state index contributed by atoms with van der Waals surface area (Å²) in [7, 11) is -1.52. The number of hydrogen-bond donors (Lipinski definition) is 2. The quantitative estimate of drug-likeness (QED) is 0.474. The average Bonchev–Trinajstić information content (AvgIpc) is 3.33. The second-order valence-corrected chi connectivity index (χ2v) is 10.7. The summed E-state index contributed by atoms with van der Waals surface area (Å²) >= 11 is 0. The van der Waals surface area contributed by atoms with Gasteiger partial charge in [-0.05, 0) is 37.6 Å². The SMILES string of the molecule is CNCc1ccc(-n2cnc(-c3nc(NC4CCN(S(C)(=O)=O)CC4)ncc3C(F)(F)F)c2)c(C#N)c1. The number of imidazole rings is 1. The van der Waals surface area contributed by atoms with Crippen LogP contribution in [0.5, 0.6) is 0 Å². The third-order valence-electron chi connectivity index (χ3n) is 6.02. The number of nitrogens with one attached hydrogen (secondary N) is 2. The molecule has 1 fully saturated rings. The summed E-state index contributed by atoms with van der Waals surface area (Å²) in [5.41, 5.74) is 0.227. The first-order chi connectivity index (χ1) is 17.5. The van der Waals surface area contributed by atoms with E-state index < -0.39 is 27.5 Å². The number of nitriles is 1. The predicted molar refractivity (Wildman–Crippen MR) is 130 cm³/mol. The molecule has 0 unspecified atom stereocenters. The predicted octanol–water partition coefficient (Wildman–Crippen LogP) is 2.78. The van der Waals surface area contributed by atoms with Crippen molar-refractivity contribution in [2.75, 3.05) is 31.7 Å². The summed E-state index contributed by atoms with van der Waals surface area (Å²) in [4.78, 5) is 12.1. The molecule has 0 saturated carbocycles. The molecule has 10 nitrogen and oxygen atoms in total. The second-order valence-electron chi connectivity index (χ2n) is 8.69. The summed E-state index contributed by atoms with van der Waals surface area (Å²) < 4.78 is 67.7. The number of halogens is 3. The molecule has 2 aromatic heterocycles. The molecule has 1 saturated heterocycles. The third-order valence-corrected chi connectivity index (χ3v) is 7.32. The number of benzene rings is 1. The Kier molecular flexibility index (Phi) is 7.49. The number of nitrogens with zero attached hydrogens (tertiary/aromatic N) is 6. The Bertz CT molecular complexity index is 1420. The summed E-state index contributed by atoms with van der Waals surface area (Å²) in [6, 6.07) is 7.13. The van der Waals surface area contributed by atoms with Crippen molar-refractivity contribution in [1.29, 1.82) is 5.26 Å². The maximum Gasteiger partial charge on any atom is 0.420 e. The largest absolute Gasteiger partial charge is 0.420 e. The van der Waals surface area contributed by atoms with Gasteiger partial charge in [0.05, 0.1) is 17.5 Å². The molecule has 2 N–H and O–H groups in total. The number of alkyl halides is 3. The number of sulfonamides is 1. The van der Waals surface area contributed by atoms with Crippen LogP contribution in [0.4, 0.5) is 19.1 Å². The van der Waals surface area contributed by atoms with Crippen molar-refractivity contribution in [3.63, 3.8) is 0 Å². The van der Waals surface area contributed by atoms with Crippen molar-refractivity contribution in [2.24, 2.45) is 0 Å². The van der Waals surface area contributed by atoms with Crippen LogP contribution in [0.3, 0.4) is 0 Å². The third kappa shape index (κ3) is 6.07. The first kappa shape index (κ1) is 26.5. The van der Waals surface area contributed by atoms with E-state index in [0.717, 1.165) is 11.8 Å². The summed E-state index contributed by atoms with van der Waals surface area (Å²) in [6.07, 6.45) is 0.776. The Morgan fingerprint density at radius 1 is 1.22 bits per heavy atom. The molecule has 0 atom stereocenters. The molecule has 0 radical (unpaired) electrons.